The predicted octanol–water partition coefficient (Wildman–Crippen LogP) is 1.76. The van der Waals surface area contributed by atoms with Crippen LogP contribution in [0.2, 0.25) is 5.02 Å². The van der Waals surface area contributed by atoms with Crippen LogP contribution < -0.4 is 4.90 Å². The van der Waals surface area contributed by atoms with E-state index in [4.69, 9.17) is 11.6 Å². The number of hydrogen-bond donors (Lipinski definition) is 1. The fraction of sp³-hybridized carbons (Fsp3) is 0.615. The van der Waals surface area contributed by atoms with Crippen molar-refractivity contribution in [2.75, 3.05) is 25.0 Å². The molecule has 1 aromatic rings. The topological polar surface area (TPSA) is 39.6 Å². The summed E-state index contributed by atoms with van der Waals surface area (Å²) in [6.07, 6.45) is 0. The van der Waals surface area contributed by atoms with Crippen LogP contribution in [0.15, 0.2) is 12.1 Å². The monoisotopic (exact) mass is 269 g/mol. The maximum atomic E-state index is 9.21. The zero-order chi connectivity index (χ0) is 13.3. The van der Waals surface area contributed by atoms with E-state index in [0.29, 0.717) is 22.8 Å². The number of aliphatic hydroxyl groups excluding tert-OH is 1. The van der Waals surface area contributed by atoms with Crippen LogP contribution >= 0.6 is 11.6 Å². The number of nitrogens with zero attached hydrogens (tertiary/aromatic N) is 3. The fourth-order valence-electron chi connectivity index (χ4n) is 2.35. The van der Waals surface area contributed by atoms with Crippen LogP contribution in [0.1, 0.15) is 19.5 Å². The summed E-state index contributed by atoms with van der Waals surface area (Å²) in [6, 6.07) is 4.71. The maximum Gasteiger partial charge on any atom is 0.129 e. The lowest BCUT2D eigenvalue weighted by Crippen LogP contribution is -2.55. The molecule has 1 aliphatic rings. The van der Waals surface area contributed by atoms with Gasteiger partial charge in [-0.3, -0.25) is 4.90 Å². The summed E-state index contributed by atoms with van der Waals surface area (Å²) in [5, 5.41) is 9.74. The van der Waals surface area contributed by atoms with Gasteiger partial charge in [0.15, 0.2) is 0 Å². The van der Waals surface area contributed by atoms with Crippen LogP contribution in [0, 0.1) is 0 Å². The fourth-order valence-corrected chi connectivity index (χ4v) is 2.52. The Kier molecular flexibility index (Phi) is 4.10. The quantitative estimate of drug-likeness (QED) is 0.888. The highest BCUT2D eigenvalue weighted by Crippen LogP contribution is 2.23. The van der Waals surface area contributed by atoms with Gasteiger partial charge in [0.25, 0.3) is 0 Å². The van der Waals surface area contributed by atoms with Gasteiger partial charge in [-0.2, -0.15) is 0 Å². The Morgan fingerprint density at radius 3 is 2.50 bits per heavy atom. The van der Waals surface area contributed by atoms with E-state index in [1.807, 2.05) is 12.1 Å². The van der Waals surface area contributed by atoms with Gasteiger partial charge in [-0.15, -0.1) is 0 Å². The number of halogens is 1. The minimum atomic E-state index is -0.120. The predicted molar refractivity (Wildman–Crippen MR) is 74.1 cm³/mol. The minimum Gasteiger partial charge on any atom is -0.390 e. The van der Waals surface area contributed by atoms with Gasteiger partial charge in [0.2, 0.25) is 0 Å². The smallest absolute Gasteiger partial charge is 0.129 e. The number of likely N-dealkylation sites (N-methyl/N-ethyl adjacent to an activating group) is 1. The van der Waals surface area contributed by atoms with Crippen molar-refractivity contribution in [3.63, 3.8) is 0 Å². The van der Waals surface area contributed by atoms with E-state index in [1.165, 1.54) is 0 Å². The minimum absolute atomic E-state index is 0.120. The molecule has 2 unspecified atom stereocenters. The van der Waals surface area contributed by atoms with Crippen LogP contribution in [0.4, 0.5) is 5.82 Å². The van der Waals surface area contributed by atoms with Crippen molar-refractivity contribution in [1.82, 2.24) is 9.88 Å². The Morgan fingerprint density at radius 1 is 1.33 bits per heavy atom. The number of pyridine rings is 1. The molecule has 5 heteroatoms. The van der Waals surface area contributed by atoms with Crippen LogP contribution in [-0.2, 0) is 6.61 Å². The lowest BCUT2D eigenvalue weighted by Gasteiger charge is -2.43. The van der Waals surface area contributed by atoms with Crippen molar-refractivity contribution in [3.8, 4) is 0 Å². The number of anilines is 1. The van der Waals surface area contributed by atoms with Gasteiger partial charge in [0.05, 0.1) is 17.3 Å². The molecule has 0 radical (unpaired) electrons. The average molecular weight is 270 g/mol. The van der Waals surface area contributed by atoms with Gasteiger partial charge in [-0.1, -0.05) is 11.6 Å². The third-order valence-corrected chi connectivity index (χ3v) is 4.08. The Balaban J connectivity index is 2.21. The van der Waals surface area contributed by atoms with Crippen LogP contribution in [0.25, 0.3) is 0 Å². The van der Waals surface area contributed by atoms with Crippen LogP contribution in [0.3, 0.4) is 0 Å². The van der Waals surface area contributed by atoms with Gasteiger partial charge in [-0.05, 0) is 33.0 Å². The first-order chi connectivity index (χ1) is 8.52. The van der Waals surface area contributed by atoms with Gasteiger partial charge in [0, 0.05) is 25.2 Å². The van der Waals surface area contributed by atoms with E-state index in [9.17, 15) is 5.11 Å². The third kappa shape index (κ3) is 2.60. The molecule has 0 saturated carbocycles. The SMILES string of the molecule is CC1CN(c2ccc(Cl)c(CO)n2)CC(C)N1C. The average Bonchev–Trinajstić information content (AvgIpc) is 2.36. The van der Waals surface area contributed by atoms with E-state index in [0.717, 1.165) is 18.9 Å². The molecular formula is C13H20ClN3O. The van der Waals surface area contributed by atoms with E-state index < -0.39 is 0 Å². The standard InChI is InChI=1S/C13H20ClN3O/c1-9-6-17(7-10(2)16(9)3)13-5-4-11(14)12(8-18)15-13/h4-5,9-10,18H,6-8H2,1-3H3. The number of aliphatic hydroxyl groups is 1. The van der Waals surface area contributed by atoms with Crippen molar-refractivity contribution in [3.05, 3.63) is 22.8 Å². The molecule has 1 fully saturated rings. The van der Waals surface area contributed by atoms with Crippen molar-refractivity contribution in [2.45, 2.75) is 32.5 Å². The second kappa shape index (κ2) is 5.43. The molecule has 1 aromatic heterocycles. The van der Waals surface area contributed by atoms with Crippen molar-refractivity contribution in [2.24, 2.45) is 0 Å². The summed E-state index contributed by atoms with van der Waals surface area (Å²) in [5.41, 5.74) is 0.549. The van der Waals surface area contributed by atoms with Gasteiger partial charge in [0.1, 0.15) is 5.82 Å². The Hall–Kier alpha value is -0.840. The van der Waals surface area contributed by atoms with E-state index in [1.54, 1.807) is 0 Å². The Morgan fingerprint density at radius 2 is 1.94 bits per heavy atom. The second-order valence-electron chi connectivity index (χ2n) is 5.02. The molecule has 0 amide bonds. The molecule has 18 heavy (non-hydrogen) atoms. The third-order valence-electron chi connectivity index (χ3n) is 3.74. The molecular weight excluding hydrogens is 250 g/mol. The summed E-state index contributed by atoms with van der Waals surface area (Å²) < 4.78 is 0. The summed E-state index contributed by atoms with van der Waals surface area (Å²) in [6.45, 7) is 6.20. The first-order valence-corrected chi connectivity index (χ1v) is 6.64. The highest BCUT2D eigenvalue weighted by atomic mass is 35.5. The molecule has 2 atom stereocenters. The molecule has 4 nitrogen and oxygen atoms in total. The lowest BCUT2D eigenvalue weighted by atomic mass is 10.1. The maximum absolute atomic E-state index is 9.21. The first-order valence-electron chi connectivity index (χ1n) is 6.26. The summed E-state index contributed by atoms with van der Waals surface area (Å²) in [4.78, 5) is 9.06. The number of piperazine rings is 1. The number of rotatable bonds is 2. The van der Waals surface area contributed by atoms with E-state index >= 15 is 0 Å². The number of hydrogen-bond acceptors (Lipinski definition) is 4. The highest BCUT2D eigenvalue weighted by Gasteiger charge is 2.27. The van der Waals surface area contributed by atoms with Crippen LogP contribution in [0.5, 0.6) is 0 Å². The van der Waals surface area contributed by atoms with Crippen molar-refractivity contribution in [1.29, 1.82) is 0 Å². The Bertz CT molecular complexity index is 415. The zero-order valence-corrected chi connectivity index (χ0v) is 11.9. The molecule has 1 aliphatic heterocycles. The molecule has 100 valence electrons. The molecule has 0 bridgehead atoms. The molecule has 0 spiro atoms. The first kappa shape index (κ1) is 13.6. The normalized spacial score (nSPS) is 25.5. The van der Waals surface area contributed by atoms with Crippen LogP contribution in [-0.4, -0.2) is 47.2 Å². The molecule has 2 rings (SSSR count). The molecule has 0 aliphatic carbocycles. The van der Waals surface area contributed by atoms with Gasteiger partial charge in [-0.25, -0.2) is 4.98 Å². The zero-order valence-electron chi connectivity index (χ0n) is 11.1. The summed E-state index contributed by atoms with van der Waals surface area (Å²) >= 11 is 5.97. The van der Waals surface area contributed by atoms with Crippen molar-refractivity contribution >= 4 is 17.4 Å². The van der Waals surface area contributed by atoms with Gasteiger partial charge < -0.3 is 10.0 Å². The van der Waals surface area contributed by atoms with E-state index in [2.05, 4.69) is 35.7 Å². The Labute approximate surface area is 113 Å². The van der Waals surface area contributed by atoms with Gasteiger partial charge >= 0.3 is 0 Å². The van der Waals surface area contributed by atoms with Crippen molar-refractivity contribution < 1.29 is 5.11 Å². The second-order valence-corrected chi connectivity index (χ2v) is 5.43. The molecule has 2 heterocycles. The molecule has 1 N–H and O–H groups in total. The number of aromatic nitrogens is 1. The highest BCUT2D eigenvalue weighted by molar-refractivity contribution is 6.31. The summed E-state index contributed by atoms with van der Waals surface area (Å²) in [5.74, 6) is 0.898. The molecule has 1 saturated heterocycles. The molecule has 0 aromatic carbocycles. The summed E-state index contributed by atoms with van der Waals surface area (Å²) in [7, 11) is 2.15. The lowest BCUT2D eigenvalue weighted by molar-refractivity contribution is 0.169. The largest absolute Gasteiger partial charge is 0.390 e. The van der Waals surface area contributed by atoms with E-state index in [-0.39, 0.29) is 6.61 Å².